The van der Waals surface area contributed by atoms with Crippen molar-refractivity contribution in [3.63, 3.8) is 0 Å². The van der Waals surface area contributed by atoms with E-state index < -0.39 is 58.9 Å². The van der Waals surface area contributed by atoms with E-state index in [4.69, 9.17) is 4.74 Å². The Balaban J connectivity index is 1.50. The highest BCUT2D eigenvalue weighted by Gasteiger charge is 2.69. The number of rotatable bonds is 2. The van der Waals surface area contributed by atoms with E-state index in [1.807, 2.05) is 6.92 Å². The lowest BCUT2D eigenvalue weighted by molar-refractivity contribution is -0.229. The zero-order valence-corrected chi connectivity index (χ0v) is 19.0. The van der Waals surface area contributed by atoms with E-state index in [2.05, 4.69) is 4.74 Å². The number of hydrogen-bond donors (Lipinski definition) is 0. The molecule has 4 aliphatic carbocycles. The predicted octanol–water partition coefficient (Wildman–Crippen LogP) is 6.07. The molecule has 0 aromatic carbocycles. The van der Waals surface area contributed by atoms with Crippen LogP contribution in [0, 0.1) is 28.6 Å². The van der Waals surface area contributed by atoms with Gasteiger partial charge in [0.15, 0.2) is 0 Å². The molecule has 194 valence electrons. The van der Waals surface area contributed by atoms with E-state index in [0.717, 1.165) is 0 Å². The van der Waals surface area contributed by atoms with Crippen LogP contribution in [0.4, 0.5) is 30.7 Å². The smallest absolute Gasteiger partial charge is 0.456 e. The lowest BCUT2D eigenvalue weighted by atomic mass is 9.43. The highest BCUT2D eigenvalue weighted by atomic mass is 19.4. The molecule has 11 heteroatoms. The molecule has 4 nitrogen and oxygen atoms in total. The van der Waals surface area contributed by atoms with Crippen molar-refractivity contribution < 1.29 is 49.8 Å². The Morgan fingerprint density at radius 2 is 1.35 bits per heavy atom. The van der Waals surface area contributed by atoms with Crippen LogP contribution in [-0.4, -0.2) is 42.2 Å². The minimum absolute atomic E-state index is 0.0880. The Kier molecular flexibility index (Phi) is 5.99. The van der Waals surface area contributed by atoms with Crippen molar-refractivity contribution in [1.29, 1.82) is 0 Å². The van der Waals surface area contributed by atoms with Crippen molar-refractivity contribution in [3.8, 4) is 0 Å². The fourth-order valence-corrected chi connectivity index (χ4v) is 7.77. The number of hydrogen-bond acceptors (Lipinski definition) is 4. The molecule has 3 unspecified atom stereocenters. The van der Waals surface area contributed by atoms with Crippen LogP contribution in [0.1, 0.15) is 71.6 Å². The number of alkyl halides is 7. The Bertz CT molecular complexity index is 842. The molecule has 0 bridgehead atoms. The fraction of sp³-hybridized carbons (Fsp3) is 0.913. The van der Waals surface area contributed by atoms with Crippen molar-refractivity contribution in [2.75, 3.05) is 0 Å². The Morgan fingerprint density at radius 1 is 0.765 bits per heavy atom. The van der Waals surface area contributed by atoms with Crippen molar-refractivity contribution in [1.82, 2.24) is 0 Å². The van der Waals surface area contributed by atoms with Crippen LogP contribution < -0.4 is 0 Å². The zero-order valence-electron chi connectivity index (χ0n) is 19.0. The van der Waals surface area contributed by atoms with Gasteiger partial charge in [0.1, 0.15) is 17.9 Å². The summed E-state index contributed by atoms with van der Waals surface area (Å²) >= 11 is 0. The SMILES string of the molecule is C[C@]12CCC(OC(=O)C(F)(F)F)CC1CC[C@H]1[C@@H]3CCC(OC(=O)C(F)(F)F)[C@@]3(C)CC[C@]12F. The Labute approximate surface area is 192 Å². The van der Waals surface area contributed by atoms with Gasteiger partial charge in [0.2, 0.25) is 0 Å². The third kappa shape index (κ3) is 3.88. The van der Waals surface area contributed by atoms with E-state index in [9.17, 15) is 35.9 Å². The van der Waals surface area contributed by atoms with Gasteiger partial charge in [-0.3, -0.25) is 0 Å². The quantitative estimate of drug-likeness (QED) is 0.340. The van der Waals surface area contributed by atoms with Crippen LogP contribution in [0.25, 0.3) is 0 Å². The second-order valence-electron chi connectivity index (χ2n) is 11.0. The van der Waals surface area contributed by atoms with E-state index in [1.54, 1.807) is 6.92 Å². The first-order valence-corrected chi connectivity index (χ1v) is 11.8. The molecule has 0 saturated heterocycles. The predicted molar refractivity (Wildman–Crippen MR) is 104 cm³/mol. The largest absolute Gasteiger partial charge is 0.490 e. The number of ether oxygens (including phenoxy) is 2. The van der Waals surface area contributed by atoms with E-state index >= 15 is 4.39 Å². The summed E-state index contributed by atoms with van der Waals surface area (Å²) in [5.74, 6) is -5.41. The summed E-state index contributed by atoms with van der Waals surface area (Å²) in [4.78, 5) is 22.7. The monoisotopic (exact) mass is 502 g/mol. The molecule has 0 radical (unpaired) electrons. The molecule has 0 amide bonds. The maximum absolute atomic E-state index is 16.9. The minimum atomic E-state index is -5.09. The summed E-state index contributed by atoms with van der Waals surface area (Å²) in [6, 6.07) is 0. The van der Waals surface area contributed by atoms with Crippen LogP contribution in [0.5, 0.6) is 0 Å². The second-order valence-corrected chi connectivity index (χ2v) is 11.0. The first-order chi connectivity index (χ1) is 15.5. The molecule has 4 saturated carbocycles. The second kappa shape index (κ2) is 7.98. The molecule has 0 spiro atoms. The van der Waals surface area contributed by atoms with Gasteiger partial charge >= 0.3 is 24.3 Å². The van der Waals surface area contributed by atoms with Crippen LogP contribution in [0.2, 0.25) is 0 Å². The lowest BCUT2D eigenvalue weighted by Crippen LogP contribution is -2.64. The number of carbonyl (C=O) groups excluding carboxylic acids is 2. The fourth-order valence-electron chi connectivity index (χ4n) is 7.77. The Hall–Kier alpha value is -1.55. The van der Waals surface area contributed by atoms with Gasteiger partial charge in [-0.25, -0.2) is 14.0 Å². The highest BCUT2D eigenvalue weighted by molar-refractivity contribution is 5.76. The number of esters is 2. The van der Waals surface area contributed by atoms with Crippen LogP contribution in [0.3, 0.4) is 0 Å². The van der Waals surface area contributed by atoms with Crippen molar-refractivity contribution in [3.05, 3.63) is 0 Å². The van der Waals surface area contributed by atoms with Crippen molar-refractivity contribution >= 4 is 11.9 Å². The van der Waals surface area contributed by atoms with E-state index in [1.165, 1.54) is 0 Å². The van der Waals surface area contributed by atoms with Gasteiger partial charge in [-0.15, -0.1) is 0 Å². The van der Waals surface area contributed by atoms with Crippen molar-refractivity contribution in [2.24, 2.45) is 28.6 Å². The van der Waals surface area contributed by atoms with Crippen LogP contribution in [-0.2, 0) is 19.1 Å². The molecular formula is C23H29F7O4. The molecule has 0 heterocycles. The summed E-state index contributed by atoms with van der Waals surface area (Å²) in [5, 5.41) is 0. The zero-order chi connectivity index (χ0) is 25.3. The van der Waals surface area contributed by atoms with E-state index in [-0.39, 0.29) is 50.4 Å². The average Bonchev–Trinajstić information content (AvgIpc) is 3.04. The molecule has 0 N–H and O–H groups in total. The molecule has 0 aromatic heterocycles. The molecule has 0 aliphatic heterocycles. The van der Waals surface area contributed by atoms with Crippen molar-refractivity contribution in [2.45, 2.75) is 102 Å². The molecule has 4 fully saturated rings. The Morgan fingerprint density at radius 3 is 1.97 bits per heavy atom. The first kappa shape index (κ1) is 25.5. The maximum Gasteiger partial charge on any atom is 0.490 e. The van der Waals surface area contributed by atoms with Crippen LogP contribution >= 0.6 is 0 Å². The molecular weight excluding hydrogens is 473 g/mol. The van der Waals surface area contributed by atoms with Gasteiger partial charge in [0.05, 0.1) is 0 Å². The average molecular weight is 502 g/mol. The molecule has 8 atom stereocenters. The van der Waals surface area contributed by atoms with E-state index in [0.29, 0.717) is 19.3 Å². The molecule has 4 rings (SSSR count). The van der Waals surface area contributed by atoms with Gasteiger partial charge in [-0.1, -0.05) is 13.8 Å². The standard InChI is InChI=1S/C23H29F7O4/c1-19-9-10-21(24)15(14(19)5-6-16(19)34-18(32)23(28,29)30)4-3-12-11-13(7-8-20(12,21)2)33-17(31)22(25,26)27/h12-16H,3-11H2,1-2H3/t12?,13?,14-,15-,16?,19-,20-,21-/m0/s1. The summed E-state index contributed by atoms with van der Waals surface area (Å²) < 4.78 is 103. The van der Waals surface area contributed by atoms with Gasteiger partial charge in [0, 0.05) is 10.8 Å². The highest BCUT2D eigenvalue weighted by Crippen LogP contribution is 2.69. The minimum Gasteiger partial charge on any atom is -0.456 e. The van der Waals surface area contributed by atoms with Gasteiger partial charge in [-0.05, 0) is 75.5 Å². The van der Waals surface area contributed by atoms with Gasteiger partial charge < -0.3 is 9.47 Å². The summed E-state index contributed by atoms with van der Waals surface area (Å²) in [6.45, 7) is 3.59. The molecule has 0 aromatic rings. The number of halogens is 7. The van der Waals surface area contributed by atoms with Gasteiger partial charge in [-0.2, -0.15) is 26.3 Å². The first-order valence-electron chi connectivity index (χ1n) is 11.8. The maximum atomic E-state index is 16.9. The number of carbonyl (C=O) groups is 2. The normalized spacial score (nSPS) is 44.4. The third-order valence-corrected chi connectivity index (χ3v) is 9.62. The van der Waals surface area contributed by atoms with Gasteiger partial charge in [0.25, 0.3) is 0 Å². The molecule has 34 heavy (non-hydrogen) atoms. The third-order valence-electron chi connectivity index (χ3n) is 9.62. The lowest BCUT2D eigenvalue weighted by Gasteiger charge is -2.63. The molecule has 4 aliphatic rings. The summed E-state index contributed by atoms with van der Waals surface area (Å²) in [5.41, 5.74) is -3.23. The summed E-state index contributed by atoms with van der Waals surface area (Å²) in [7, 11) is 0. The topological polar surface area (TPSA) is 52.6 Å². The summed E-state index contributed by atoms with van der Waals surface area (Å²) in [6.07, 6.45) is -9.46. The van der Waals surface area contributed by atoms with Crippen LogP contribution in [0.15, 0.2) is 0 Å². The number of fused-ring (bicyclic) bond motifs is 5.